The average Bonchev–Trinajstić information content (AvgIpc) is 3.10. The van der Waals surface area contributed by atoms with Crippen LogP contribution in [-0.4, -0.2) is 11.0 Å². The predicted molar refractivity (Wildman–Crippen MR) is 88.4 cm³/mol. The second-order valence-corrected chi connectivity index (χ2v) is 6.06. The van der Waals surface area contributed by atoms with Gasteiger partial charge in [0.15, 0.2) is 0 Å². The van der Waals surface area contributed by atoms with Crippen molar-refractivity contribution in [2.75, 3.05) is 11.1 Å². The second kappa shape index (κ2) is 5.61. The third kappa shape index (κ3) is 2.92. The predicted octanol–water partition coefficient (Wildman–Crippen LogP) is 4.47. The maximum Gasteiger partial charge on any atom is 0.226 e. The summed E-state index contributed by atoms with van der Waals surface area (Å²) in [4.78, 5) is 5.62. The van der Waals surface area contributed by atoms with Crippen LogP contribution in [-0.2, 0) is 0 Å². The summed E-state index contributed by atoms with van der Waals surface area (Å²) in [6.45, 7) is 4.16. The highest BCUT2D eigenvalue weighted by molar-refractivity contribution is 7.13. The van der Waals surface area contributed by atoms with Crippen LogP contribution in [0, 0.1) is 0 Å². The van der Waals surface area contributed by atoms with E-state index in [1.807, 2.05) is 35.7 Å². The standard InChI is InChI=1S/C16H17N3OS/c1-10(2)18-13-6-5-11(8-12(13)17)16-19-14(9-20-16)15-4-3-7-21-15/h3-10,18H,17H2,1-2H3. The SMILES string of the molecule is CC(C)Nc1ccc(-c2nc(-c3cccs3)co2)cc1N. The number of nitrogen functional groups attached to an aromatic ring is 1. The Morgan fingerprint density at radius 1 is 1.29 bits per heavy atom. The van der Waals surface area contributed by atoms with Gasteiger partial charge in [0.25, 0.3) is 0 Å². The van der Waals surface area contributed by atoms with E-state index in [1.54, 1.807) is 17.6 Å². The number of benzene rings is 1. The number of hydrogen-bond donors (Lipinski definition) is 2. The van der Waals surface area contributed by atoms with Gasteiger partial charge < -0.3 is 15.5 Å². The first-order chi connectivity index (χ1) is 10.1. The first-order valence-corrected chi connectivity index (χ1v) is 7.67. The Morgan fingerprint density at radius 2 is 2.14 bits per heavy atom. The van der Waals surface area contributed by atoms with Crippen molar-refractivity contribution >= 4 is 22.7 Å². The molecular formula is C16H17N3OS. The van der Waals surface area contributed by atoms with Crippen LogP contribution in [0.5, 0.6) is 0 Å². The lowest BCUT2D eigenvalue weighted by molar-refractivity contribution is 0.575. The number of hydrogen-bond acceptors (Lipinski definition) is 5. The summed E-state index contributed by atoms with van der Waals surface area (Å²) in [5, 5.41) is 5.33. The Bertz CT molecular complexity index is 732. The van der Waals surface area contributed by atoms with Gasteiger partial charge in [0.2, 0.25) is 5.89 Å². The fourth-order valence-corrected chi connectivity index (χ4v) is 2.76. The molecule has 0 fully saturated rings. The van der Waals surface area contributed by atoms with Crippen LogP contribution >= 0.6 is 11.3 Å². The molecule has 4 nitrogen and oxygen atoms in total. The topological polar surface area (TPSA) is 64.1 Å². The van der Waals surface area contributed by atoms with E-state index in [9.17, 15) is 0 Å². The van der Waals surface area contributed by atoms with Gasteiger partial charge in [-0.3, -0.25) is 0 Å². The lowest BCUT2D eigenvalue weighted by atomic mass is 10.1. The average molecular weight is 299 g/mol. The van der Waals surface area contributed by atoms with Crippen LogP contribution < -0.4 is 11.1 Å². The monoisotopic (exact) mass is 299 g/mol. The van der Waals surface area contributed by atoms with E-state index in [-0.39, 0.29) is 0 Å². The Morgan fingerprint density at radius 3 is 2.81 bits per heavy atom. The molecule has 0 atom stereocenters. The molecule has 1 aromatic carbocycles. The van der Waals surface area contributed by atoms with Crippen molar-refractivity contribution in [3.8, 4) is 22.0 Å². The highest BCUT2D eigenvalue weighted by atomic mass is 32.1. The Kier molecular flexibility index (Phi) is 3.66. The summed E-state index contributed by atoms with van der Waals surface area (Å²) in [5.74, 6) is 0.584. The molecule has 0 aliphatic rings. The van der Waals surface area contributed by atoms with E-state index < -0.39 is 0 Å². The molecule has 21 heavy (non-hydrogen) atoms. The van der Waals surface area contributed by atoms with Crippen molar-refractivity contribution in [3.63, 3.8) is 0 Å². The fourth-order valence-electron chi connectivity index (χ4n) is 2.08. The van der Waals surface area contributed by atoms with Gasteiger partial charge >= 0.3 is 0 Å². The summed E-state index contributed by atoms with van der Waals surface area (Å²) < 4.78 is 5.57. The number of oxazole rings is 1. The quantitative estimate of drug-likeness (QED) is 0.697. The van der Waals surface area contributed by atoms with E-state index in [1.165, 1.54) is 0 Å². The Hall–Kier alpha value is -2.27. The maximum atomic E-state index is 6.08. The molecule has 0 aliphatic heterocycles. The first kappa shape index (κ1) is 13.7. The number of thiophene rings is 1. The zero-order valence-corrected chi connectivity index (χ0v) is 12.8. The van der Waals surface area contributed by atoms with Crippen molar-refractivity contribution in [2.45, 2.75) is 19.9 Å². The molecule has 108 valence electrons. The van der Waals surface area contributed by atoms with Gasteiger partial charge in [-0.25, -0.2) is 4.98 Å². The van der Waals surface area contributed by atoms with Crippen molar-refractivity contribution in [1.82, 2.24) is 4.98 Å². The van der Waals surface area contributed by atoms with Crippen LogP contribution in [0.25, 0.3) is 22.0 Å². The number of anilines is 2. The summed E-state index contributed by atoms with van der Waals surface area (Å²) >= 11 is 1.64. The summed E-state index contributed by atoms with van der Waals surface area (Å²) in [5.41, 5.74) is 9.43. The van der Waals surface area contributed by atoms with Crippen molar-refractivity contribution in [2.24, 2.45) is 0 Å². The lowest BCUT2D eigenvalue weighted by Crippen LogP contribution is -2.11. The molecule has 0 bridgehead atoms. The van der Waals surface area contributed by atoms with Gasteiger partial charge in [-0.05, 0) is 43.5 Å². The highest BCUT2D eigenvalue weighted by Crippen LogP contribution is 2.30. The van der Waals surface area contributed by atoms with E-state index in [0.717, 1.165) is 21.8 Å². The van der Waals surface area contributed by atoms with Crippen LogP contribution in [0.2, 0.25) is 0 Å². The van der Waals surface area contributed by atoms with E-state index in [2.05, 4.69) is 24.1 Å². The molecule has 3 rings (SSSR count). The van der Waals surface area contributed by atoms with Gasteiger partial charge in [0, 0.05) is 11.6 Å². The fraction of sp³-hybridized carbons (Fsp3) is 0.188. The van der Waals surface area contributed by atoms with Crippen molar-refractivity contribution in [1.29, 1.82) is 0 Å². The lowest BCUT2D eigenvalue weighted by Gasteiger charge is -2.12. The van der Waals surface area contributed by atoms with Crippen molar-refractivity contribution < 1.29 is 4.42 Å². The molecule has 3 N–H and O–H groups in total. The molecule has 0 saturated heterocycles. The van der Waals surface area contributed by atoms with Gasteiger partial charge in [-0.1, -0.05) is 6.07 Å². The van der Waals surface area contributed by atoms with E-state index in [4.69, 9.17) is 10.2 Å². The Balaban J connectivity index is 1.89. The van der Waals surface area contributed by atoms with E-state index in [0.29, 0.717) is 17.6 Å². The zero-order valence-electron chi connectivity index (χ0n) is 12.0. The third-order valence-corrected chi connectivity index (χ3v) is 3.91. The van der Waals surface area contributed by atoms with Gasteiger partial charge in [0.1, 0.15) is 12.0 Å². The Labute approximate surface area is 127 Å². The van der Waals surface area contributed by atoms with Gasteiger partial charge in [-0.15, -0.1) is 11.3 Å². The minimum atomic E-state index is 0.338. The molecule has 2 aromatic heterocycles. The molecule has 0 spiro atoms. The number of aromatic nitrogens is 1. The zero-order chi connectivity index (χ0) is 14.8. The molecule has 0 aliphatic carbocycles. The van der Waals surface area contributed by atoms with Crippen LogP contribution in [0.4, 0.5) is 11.4 Å². The molecule has 2 heterocycles. The number of nitrogens with one attached hydrogen (secondary N) is 1. The largest absolute Gasteiger partial charge is 0.444 e. The molecular weight excluding hydrogens is 282 g/mol. The summed E-state index contributed by atoms with van der Waals surface area (Å²) in [6, 6.07) is 10.2. The van der Waals surface area contributed by atoms with Crippen LogP contribution in [0.3, 0.4) is 0 Å². The molecule has 0 saturated carbocycles. The highest BCUT2D eigenvalue weighted by Gasteiger charge is 2.11. The smallest absolute Gasteiger partial charge is 0.226 e. The van der Waals surface area contributed by atoms with Crippen molar-refractivity contribution in [3.05, 3.63) is 42.0 Å². The first-order valence-electron chi connectivity index (χ1n) is 6.79. The minimum Gasteiger partial charge on any atom is -0.444 e. The second-order valence-electron chi connectivity index (χ2n) is 5.12. The molecule has 0 unspecified atom stereocenters. The molecule has 0 amide bonds. The molecule has 0 radical (unpaired) electrons. The summed E-state index contributed by atoms with van der Waals surface area (Å²) in [6.07, 6.45) is 1.68. The maximum absolute atomic E-state index is 6.08. The van der Waals surface area contributed by atoms with E-state index >= 15 is 0 Å². The number of nitrogens with two attached hydrogens (primary N) is 1. The molecule has 5 heteroatoms. The van der Waals surface area contributed by atoms with Crippen LogP contribution in [0.15, 0.2) is 46.4 Å². The van der Waals surface area contributed by atoms with Gasteiger partial charge in [0.05, 0.1) is 16.3 Å². The number of nitrogens with zero attached hydrogens (tertiary/aromatic N) is 1. The van der Waals surface area contributed by atoms with Crippen LogP contribution in [0.1, 0.15) is 13.8 Å². The number of rotatable bonds is 4. The van der Waals surface area contributed by atoms with Gasteiger partial charge in [-0.2, -0.15) is 0 Å². The molecule has 3 aromatic rings. The third-order valence-electron chi connectivity index (χ3n) is 3.02. The normalized spacial score (nSPS) is 11.0. The minimum absolute atomic E-state index is 0.338. The summed E-state index contributed by atoms with van der Waals surface area (Å²) in [7, 11) is 0.